The summed E-state index contributed by atoms with van der Waals surface area (Å²) >= 11 is 0. The predicted octanol–water partition coefficient (Wildman–Crippen LogP) is 8.84. The monoisotopic (exact) mass is 477 g/mol. The minimum Gasteiger partial charge on any atom is -0.497 e. The average Bonchev–Trinajstić information content (AvgIpc) is 2.86. The van der Waals surface area contributed by atoms with Crippen LogP contribution in [0.5, 0.6) is 5.75 Å². The number of benzene rings is 2. The first kappa shape index (κ1) is 28.7. The average molecular weight is 478 g/mol. The van der Waals surface area contributed by atoms with Crippen LogP contribution in [0.15, 0.2) is 48.7 Å². The van der Waals surface area contributed by atoms with Crippen LogP contribution < -0.4 is 4.74 Å². The van der Waals surface area contributed by atoms with E-state index in [0.29, 0.717) is 5.92 Å². The second-order valence-electron chi connectivity index (χ2n) is 10.1. The van der Waals surface area contributed by atoms with Gasteiger partial charge in [-0.15, -0.1) is 0 Å². The van der Waals surface area contributed by atoms with E-state index >= 15 is 0 Å². The molecule has 0 aromatic heterocycles. The summed E-state index contributed by atoms with van der Waals surface area (Å²) in [5.41, 5.74) is 6.20. The number of aryl methyl sites for hydroxylation is 2. The Balaban J connectivity index is 2.54. The highest BCUT2D eigenvalue weighted by Gasteiger charge is 2.25. The second-order valence-corrected chi connectivity index (χ2v) is 10.1. The van der Waals surface area contributed by atoms with Gasteiger partial charge in [0.25, 0.3) is 5.91 Å². The lowest BCUT2D eigenvalue weighted by molar-refractivity contribution is 0.0764. The Morgan fingerprint density at radius 2 is 1.74 bits per heavy atom. The normalized spacial score (nSPS) is 12.0. The SMILES string of the molecule is C=C(C(C)C)N(CC(CC)CCCC)C(=O)c1cc(-c2ccc(OC)cc2C)ccc1CCCC. The van der Waals surface area contributed by atoms with Crippen LogP contribution in [0.1, 0.15) is 94.6 Å². The first-order chi connectivity index (χ1) is 16.8. The van der Waals surface area contributed by atoms with Crippen molar-refractivity contribution in [3.05, 3.63) is 65.4 Å². The first-order valence-electron chi connectivity index (χ1n) is 13.6. The fourth-order valence-corrected chi connectivity index (χ4v) is 4.58. The molecule has 1 amide bonds. The number of hydrogen-bond donors (Lipinski definition) is 0. The minimum absolute atomic E-state index is 0.0952. The Hall–Kier alpha value is -2.55. The number of unbranched alkanes of at least 4 members (excludes halogenated alkanes) is 2. The van der Waals surface area contributed by atoms with Crippen molar-refractivity contribution in [2.24, 2.45) is 11.8 Å². The van der Waals surface area contributed by atoms with Crippen molar-refractivity contribution >= 4 is 5.91 Å². The predicted molar refractivity (Wildman–Crippen MR) is 150 cm³/mol. The Morgan fingerprint density at radius 3 is 2.31 bits per heavy atom. The number of carbonyl (C=O) groups excluding carboxylic acids is 1. The Morgan fingerprint density at radius 1 is 1.03 bits per heavy atom. The van der Waals surface area contributed by atoms with Crippen LogP contribution in [-0.4, -0.2) is 24.5 Å². The van der Waals surface area contributed by atoms with E-state index in [0.717, 1.165) is 77.9 Å². The molecule has 0 N–H and O–H groups in total. The molecular weight excluding hydrogens is 430 g/mol. The van der Waals surface area contributed by atoms with Gasteiger partial charge in [0.05, 0.1) is 7.11 Å². The van der Waals surface area contributed by atoms with Gasteiger partial charge in [0, 0.05) is 17.8 Å². The zero-order valence-electron chi connectivity index (χ0n) is 23.2. The van der Waals surface area contributed by atoms with E-state index in [2.05, 4.69) is 72.4 Å². The van der Waals surface area contributed by atoms with Crippen LogP contribution in [0, 0.1) is 18.8 Å². The Kier molecular flexibility index (Phi) is 11.6. The highest BCUT2D eigenvalue weighted by molar-refractivity contribution is 5.98. The molecule has 0 spiro atoms. The van der Waals surface area contributed by atoms with E-state index in [9.17, 15) is 4.79 Å². The van der Waals surface area contributed by atoms with Gasteiger partial charge in [0.15, 0.2) is 0 Å². The maximum Gasteiger partial charge on any atom is 0.258 e. The van der Waals surface area contributed by atoms with Gasteiger partial charge in [-0.05, 0) is 78.5 Å². The molecule has 0 aliphatic rings. The number of allylic oxidation sites excluding steroid dienone is 1. The summed E-state index contributed by atoms with van der Waals surface area (Å²) in [6.45, 7) is 18.1. The second kappa shape index (κ2) is 14.1. The summed E-state index contributed by atoms with van der Waals surface area (Å²) in [6.07, 6.45) is 7.68. The quantitative estimate of drug-likeness (QED) is 0.272. The summed E-state index contributed by atoms with van der Waals surface area (Å²) in [6, 6.07) is 12.6. The molecule has 0 heterocycles. The number of hydrogen-bond acceptors (Lipinski definition) is 2. The van der Waals surface area contributed by atoms with Crippen molar-refractivity contribution in [2.45, 2.75) is 86.5 Å². The summed E-state index contributed by atoms with van der Waals surface area (Å²) < 4.78 is 5.40. The maximum absolute atomic E-state index is 14.2. The van der Waals surface area contributed by atoms with Gasteiger partial charge in [-0.1, -0.05) is 85.1 Å². The number of rotatable bonds is 14. The van der Waals surface area contributed by atoms with Gasteiger partial charge in [-0.2, -0.15) is 0 Å². The molecule has 192 valence electrons. The molecule has 0 radical (unpaired) electrons. The lowest BCUT2D eigenvalue weighted by Crippen LogP contribution is -2.36. The van der Waals surface area contributed by atoms with Crippen molar-refractivity contribution in [3.63, 3.8) is 0 Å². The van der Waals surface area contributed by atoms with Crippen molar-refractivity contribution in [1.29, 1.82) is 0 Å². The molecule has 0 saturated heterocycles. The summed E-state index contributed by atoms with van der Waals surface area (Å²) in [5, 5.41) is 0. The molecule has 0 bridgehead atoms. The van der Waals surface area contributed by atoms with Crippen LogP contribution in [0.3, 0.4) is 0 Å². The molecule has 0 saturated carbocycles. The number of amides is 1. The van der Waals surface area contributed by atoms with Crippen LogP contribution in [0.4, 0.5) is 0 Å². The molecule has 3 nitrogen and oxygen atoms in total. The molecule has 0 aliphatic heterocycles. The molecular formula is C32H47NO2. The van der Waals surface area contributed by atoms with E-state index in [4.69, 9.17) is 4.74 Å². The van der Waals surface area contributed by atoms with Gasteiger partial charge in [0.1, 0.15) is 5.75 Å². The van der Waals surface area contributed by atoms with Gasteiger partial charge in [-0.3, -0.25) is 4.79 Å². The van der Waals surface area contributed by atoms with E-state index in [-0.39, 0.29) is 11.8 Å². The lowest BCUT2D eigenvalue weighted by Gasteiger charge is -2.31. The van der Waals surface area contributed by atoms with Crippen molar-refractivity contribution in [3.8, 4) is 16.9 Å². The van der Waals surface area contributed by atoms with E-state index in [1.54, 1.807) is 7.11 Å². The number of methoxy groups -OCH3 is 1. The van der Waals surface area contributed by atoms with E-state index in [1.807, 2.05) is 17.0 Å². The van der Waals surface area contributed by atoms with Crippen LogP contribution in [0.2, 0.25) is 0 Å². The maximum atomic E-state index is 14.2. The highest BCUT2D eigenvalue weighted by Crippen LogP contribution is 2.31. The molecule has 35 heavy (non-hydrogen) atoms. The minimum atomic E-state index is 0.0952. The fourth-order valence-electron chi connectivity index (χ4n) is 4.58. The van der Waals surface area contributed by atoms with Crippen LogP contribution in [0.25, 0.3) is 11.1 Å². The number of carbonyl (C=O) groups is 1. The van der Waals surface area contributed by atoms with Crippen LogP contribution >= 0.6 is 0 Å². The lowest BCUT2D eigenvalue weighted by atomic mass is 9.92. The first-order valence-corrected chi connectivity index (χ1v) is 13.6. The molecule has 1 atom stereocenters. The van der Waals surface area contributed by atoms with Gasteiger partial charge in [0.2, 0.25) is 0 Å². The number of ether oxygens (including phenoxy) is 1. The smallest absolute Gasteiger partial charge is 0.258 e. The standard InChI is InChI=1S/C32H47NO2/c1-9-12-14-26(11-3)22-33(25(7)23(4)5)32(34)31-21-28(17-16-27(31)15-13-10-2)30-19-18-29(35-8)20-24(30)6/h16-21,23,26H,7,9-15,22H2,1-6,8H3. The van der Waals surface area contributed by atoms with Crippen LogP contribution in [-0.2, 0) is 6.42 Å². The van der Waals surface area contributed by atoms with Gasteiger partial charge >= 0.3 is 0 Å². The zero-order valence-corrected chi connectivity index (χ0v) is 23.2. The third kappa shape index (κ3) is 7.72. The Labute approximate surface area is 214 Å². The number of nitrogens with zero attached hydrogens (tertiary/aromatic N) is 1. The van der Waals surface area contributed by atoms with Crippen molar-refractivity contribution < 1.29 is 9.53 Å². The van der Waals surface area contributed by atoms with Gasteiger partial charge in [-0.25, -0.2) is 0 Å². The summed E-state index contributed by atoms with van der Waals surface area (Å²) in [4.78, 5) is 16.2. The molecule has 2 rings (SSSR count). The highest BCUT2D eigenvalue weighted by atomic mass is 16.5. The van der Waals surface area contributed by atoms with E-state index < -0.39 is 0 Å². The van der Waals surface area contributed by atoms with Crippen molar-refractivity contribution in [2.75, 3.05) is 13.7 Å². The molecule has 1 unspecified atom stereocenters. The third-order valence-corrected chi connectivity index (χ3v) is 7.13. The molecule has 2 aromatic rings. The zero-order chi connectivity index (χ0) is 26.0. The van der Waals surface area contributed by atoms with E-state index in [1.165, 1.54) is 12.8 Å². The third-order valence-electron chi connectivity index (χ3n) is 7.13. The summed E-state index contributed by atoms with van der Waals surface area (Å²) in [7, 11) is 1.69. The summed E-state index contributed by atoms with van der Waals surface area (Å²) in [5.74, 6) is 1.64. The fraction of sp³-hybridized carbons (Fsp3) is 0.531. The van der Waals surface area contributed by atoms with Crippen molar-refractivity contribution in [1.82, 2.24) is 4.90 Å². The molecule has 2 aromatic carbocycles. The van der Waals surface area contributed by atoms with Gasteiger partial charge < -0.3 is 9.64 Å². The largest absolute Gasteiger partial charge is 0.497 e. The molecule has 3 heteroatoms. The Bertz CT molecular complexity index is 976. The molecule has 0 fully saturated rings. The topological polar surface area (TPSA) is 29.5 Å². The molecule has 0 aliphatic carbocycles.